The van der Waals surface area contributed by atoms with Crippen LogP contribution < -0.4 is 0 Å². The zero-order valence-corrected chi connectivity index (χ0v) is 14.4. The Morgan fingerprint density at radius 1 is 1.25 bits per heavy atom. The fourth-order valence-corrected chi connectivity index (χ4v) is 3.05. The van der Waals surface area contributed by atoms with Gasteiger partial charge in [-0.2, -0.15) is 0 Å². The molecule has 0 amide bonds. The number of piperidine rings is 1. The number of carbonyl (C=O) groups is 2. The molecule has 1 atom stereocenters. The molecule has 0 bridgehead atoms. The van der Waals surface area contributed by atoms with Crippen molar-refractivity contribution in [3.63, 3.8) is 0 Å². The molecule has 1 aliphatic heterocycles. The zero-order valence-electron chi connectivity index (χ0n) is 14.4. The molecule has 6 heteroatoms. The van der Waals surface area contributed by atoms with Gasteiger partial charge in [-0.15, -0.1) is 0 Å². The SMILES string of the molecule is CN(C1=CCC(F)C=C1)N(C)C(CN1CCCCC1)=C(C=O)C=O. The first-order valence-electron chi connectivity index (χ1n) is 8.42. The van der Waals surface area contributed by atoms with Crippen LogP contribution in [0.15, 0.2) is 35.2 Å². The maximum Gasteiger partial charge on any atom is 0.155 e. The highest BCUT2D eigenvalue weighted by Gasteiger charge is 2.21. The summed E-state index contributed by atoms with van der Waals surface area (Å²) in [6.45, 7) is 2.49. The molecule has 0 aromatic heterocycles. The van der Waals surface area contributed by atoms with Crippen molar-refractivity contribution < 1.29 is 14.0 Å². The van der Waals surface area contributed by atoms with Crippen LogP contribution in [0, 0.1) is 0 Å². The van der Waals surface area contributed by atoms with Crippen LogP contribution in [0.25, 0.3) is 0 Å². The van der Waals surface area contributed by atoms with E-state index < -0.39 is 6.17 Å². The molecular weight excluding hydrogens is 309 g/mol. The second-order valence-electron chi connectivity index (χ2n) is 6.26. The molecule has 1 aliphatic carbocycles. The number of likely N-dealkylation sites (tertiary alicyclic amines) is 1. The third-order valence-electron chi connectivity index (χ3n) is 4.65. The number of hydrogen-bond donors (Lipinski definition) is 0. The van der Waals surface area contributed by atoms with Crippen LogP contribution in [0.5, 0.6) is 0 Å². The number of rotatable bonds is 7. The van der Waals surface area contributed by atoms with Gasteiger partial charge < -0.3 is 0 Å². The molecule has 0 aromatic carbocycles. The van der Waals surface area contributed by atoms with E-state index in [1.807, 2.05) is 30.2 Å². The first-order chi connectivity index (χ1) is 11.6. The standard InChI is InChI=1S/C18H26FN3O2/c1-20(17-8-6-16(19)7-9-17)21(2)18(15(13-23)14-24)12-22-10-4-3-5-11-22/h6,8-9,13-14,16H,3-5,7,10-12H2,1-2H3. The average Bonchev–Trinajstić information content (AvgIpc) is 2.62. The van der Waals surface area contributed by atoms with E-state index in [1.165, 1.54) is 12.5 Å². The number of nitrogens with zero attached hydrogens (tertiary/aromatic N) is 3. The lowest BCUT2D eigenvalue weighted by Crippen LogP contribution is -2.42. The predicted octanol–water partition coefficient (Wildman–Crippen LogP) is 2.08. The van der Waals surface area contributed by atoms with Crippen molar-refractivity contribution in [2.24, 2.45) is 0 Å². The summed E-state index contributed by atoms with van der Waals surface area (Å²) in [5.74, 6) is 0. The molecule has 24 heavy (non-hydrogen) atoms. The smallest absolute Gasteiger partial charge is 0.155 e. The minimum atomic E-state index is -0.948. The van der Waals surface area contributed by atoms with Crippen molar-refractivity contribution in [1.82, 2.24) is 14.9 Å². The van der Waals surface area contributed by atoms with Gasteiger partial charge in [0.2, 0.25) is 0 Å². The van der Waals surface area contributed by atoms with E-state index in [1.54, 1.807) is 6.08 Å². The van der Waals surface area contributed by atoms with Crippen molar-refractivity contribution in [2.45, 2.75) is 31.9 Å². The Labute approximate surface area is 143 Å². The van der Waals surface area contributed by atoms with Crippen molar-refractivity contribution in [1.29, 1.82) is 0 Å². The third-order valence-corrected chi connectivity index (χ3v) is 4.65. The maximum absolute atomic E-state index is 13.3. The monoisotopic (exact) mass is 335 g/mol. The zero-order chi connectivity index (χ0) is 17.5. The number of halogens is 1. The highest BCUT2D eigenvalue weighted by molar-refractivity contribution is 6.00. The van der Waals surface area contributed by atoms with Crippen LogP contribution in [-0.2, 0) is 9.59 Å². The summed E-state index contributed by atoms with van der Waals surface area (Å²) in [6, 6.07) is 0. The summed E-state index contributed by atoms with van der Waals surface area (Å²) in [4.78, 5) is 24.9. The van der Waals surface area contributed by atoms with E-state index in [-0.39, 0.29) is 5.57 Å². The molecule has 5 nitrogen and oxygen atoms in total. The van der Waals surface area contributed by atoms with Crippen molar-refractivity contribution in [3.05, 3.63) is 35.2 Å². The van der Waals surface area contributed by atoms with E-state index in [4.69, 9.17) is 0 Å². The van der Waals surface area contributed by atoms with Crippen LogP contribution >= 0.6 is 0 Å². The average molecular weight is 335 g/mol. The first kappa shape index (κ1) is 18.4. The number of allylic oxidation sites excluding steroid dienone is 4. The summed E-state index contributed by atoms with van der Waals surface area (Å²) in [5.41, 5.74) is 1.67. The minimum absolute atomic E-state index is 0.152. The van der Waals surface area contributed by atoms with Crippen LogP contribution in [0.3, 0.4) is 0 Å². The van der Waals surface area contributed by atoms with Crippen molar-refractivity contribution in [2.75, 3.05) is 33.7 Å². The molecule has 132 valence electrons. The van der Waals surface area contributed by atoms with Crippen LogP contribution in [0.4, 0.5) is 4.39 Å². The molecule has 1 saturated heterocycles. The van der Waals surface area contributed by atoms with Gasteiger partial charge in [-0.25, -0.2) is 4.39 Å². The van der Waals surface area contributed by atoms with Crippen molar-refractivity contribution in [3.8, 4) is 0 Å². The van der Waals surface area contributed by atoms with E-state index in [0.29, 0.717) is 31.2 Å². The minimum Gasteiger partial charge on any atom is -0.298 e. The molecule has 0 N–H and O–H groups in total. The second-order valence-corrected chi connectivity index (χ2v) is 6.26. The Balaban J connectivity index is 2.19. The number of likely N-dealkylation sites (N-methyl/N-ethyl adjacent to an activating group) is 2. The van der Waals surface area contributed by atoms with Gasteiger partial charge in [0, 0.05) is 27.1 Å². The summed E-state index contributed by atoms with van der Waals surface area (Å²) in [6.07, 6.45) is 9.17. The topological polar surface area (TPSA) is 43.9 Å². The first-order valence-corrected chi connectivity index (χ1v) is 8.42. The highest BCUT2D eigenvalue weighted by Crippen LogP contribution is 2.21. The van der Waals surface area contributed by atoms with Gasteiger partial charge in [0.05, 0.1) is 17.0 Å². The van der Waals surface area contributed by atoms with Gasteiger partial charge in [-0.05, 0) is 38.1 Å². The molecule has 0 aromatic rings. The van der Waals surface area contributed by atoms with Gasteiger partial charge >= 0.3 is 0 Å². The summed E-state index contributed by atoms with van der Waals surface area (Å²) < 4.78 is 13.3. The molecule has 2 rings (SSSR count). The van der Waals surface area contributed by atoms with Crippen LogP contribution in [0.1, 0.15) is 25.7 Å². The quantitative estimate of drug-likeness (QED) is 0.234. The third kappa shape index (κ3) is 4.54. The van der Waals surface area contributed by atoms with E-state index >= 15 is 0 Å². The number of aldehydes is 2. The molecule has 2 aliphatic rings. The number of carbonyl (C=O) groups excluding carboxylic acids is 2. The molecule has 0 saturated carbocycles. The lowest BCUT2D eigenvalue weighted by atomic mass is 10.1. The molecule has 1 fully saturated rings. The Bertz CT molecular complexity index is 540. The van der Waals surface area contributed by atoms with Crippen molar-refractivity contribution >= 4 is 12.6 Å². The van der Waals surface area contributed by atoms with E-state index in [2.05, 4.69) is 4.90 Å². The van der Waals surface area contributed by atoms with Crippen LogP contribution in [-0.4, -0.2) is 67.4 Å². The molecule has 1 unspecified atom stereocenters. The highest BCUT2D eigenvalue weighted by atomic mass is 19.1. The Hall–Kier alpha value is -1.95. The fraction of sp³-hybridized carbons (Fsp3) is 0.556. The molecular formula is C18H26FN3O2. The fourth-order valence-electron chi connectivity index (χ4n) is 3.05. The second kappa shape index (κ2) is 8.78. The van der Waals surface area contributed by atoms with Gasteiger partial charge in [0.15, 0.2) is 12.6 Å². The number of hydrogen-bond acceptors (Lipinski definition) is 5. The van der Waals surface area contributed by atoms with E-state index in [0.717, 1.165) is 31.6 Å². The normalized spacial score (nSPS) is 21.0. The predicted molar refractivity (Wildman–Crippen MR) is 91.7 cm³/mol. The van der Waals surface area contributed by atoms with Crippen LogP contribution in [0.2, 0.25) is 0 Å². The lowest BCUT2D eigenvalue weighted by Gasteiger charge is -2.38. The summed E-state index contributed by atoms with van der Waals surface area (Å²) in [7, 11) is 3.67. The van der Waals surface area contributed by atoms with Gasteiger partial charge in [0.25, 0.3) is 0 Å². The van der Waals surface area contributed by atoms with Gasteiger partial charge in [0.1, 0.15) is 6.17 Å². The molecule has 0 spiro atoms. The maximum atomic E-state index is 13.3. The largest absolute Gasteiger partial charge is 0.298 e. The number of alkyl halides is 1. The van der Waals surface area contributed by atoms with Gasteiger partial charge in [-0.3, -0.25) is 24.5 Å². The van der Waals surface area contributed by atoms with Gasteiger partial charge in [-0.1, -0.05) is 12.5 Å². The Morgan fingerprint density at radius 2 is 1.92 bits per heavy atom. The molecule has 1 heterocycles. The van der Waals surface area contributed by atoms with E-state index in [9.17, 15) is 14.0 Å². The lowest BCUT2D eigenvalue weighted by molar-refractivity contribution is -0.110. The molecule has 0 radical (unpaired) electrons. The Morgan fingerprint density at radius 3 is 2.46 bits per heavy atom. The Kier molecular flexibility index (Phi) is 6.73. The summed E-state index contributed by atoms with van der Waals surface area (Å²) >= 11 is 0. The number of hydrazine groups is 1. The summed E-state index contributed by atoms with van der Waals surface area (Å²) in [5, 5.41) is 3.65.